The van der Waals surface area contributed by atoms with Crippen LogP contribution in [0.3, 0.4) is 0 Å². The minimum absolute atomic E-state index is 0.00367. The molecule has 2 aromatic carbocycles. The van der Waals surface area contributed by atoms with Crippen molar-refractivity contribution < 1.29 is 14.3 Å². The summed E-state index contributed by atoms with van der Waals surface area (Å²) < 4.78 is 10.9. The predicted molar refractivity (Wildman–Crippen MR) is 118 cm³/mol. The van der Waals surface area contributed by atoms with Gasteiger partial charge < -0.3 is 14.9 Å². The molecule has 0 bridgehead atoms. The molecule has 0 aliphatic rings. The van der Waals surface area contributed by atoms with Gasteiger partial charge in [-0.1, -0.05) is 86.8 Å². The maximum atomic E-state index is 12.1. The molecule has 0 spiro atoms. The number of rotatable bonds is 14. The minimum Gasteiger partial charge on any atom is -0.465 e. The molecule has 0 radical (unpaired) electrons. The SMILES string of the molecule is CCCCCCOCC(=N)CC(=O)OCCC(c1ccccc1)c1ccccc1. The Kier molecular flexibility index (Phi) is 10.8. The zero-order valence-electron chi connectivity index (χ0n) is 17.4. The average Bonchev–Trinajstić information content (AvgIpc) is 2.75. The van der Waals surface area contributed by atoms with Gasteiger partial charge in [-0.25, -0.2) is 0 Å². The van der Waals surface area contributed by atoms with Crippen LogP contribution in [0.2, 0.25) is 0 Å². The van der Waals surface area contributed by atoms with E-state index in [9.17, 15) is 4.79 Å². The minimum atomic E-state index is -0.357. The van der Waals surface area contributed by atoms with Crippen molar-refractivity contribution in [1.82, 2.24) is 0 Å². The number of carbonyl (C=O) groups excluding carboxylic acids is 1. The molecule has 0 saturated heterocycles. The summed E-state index contributed by atoms with van der Waals surface area (Å²) in [5, 5.41) is 7.90. The van der Waals surface area contributed by atoms with Crippen LogP contribution in [-0.4, -0.2) is 31.5 Å². The molecule has 1 N–H and O–H groups in total. The van der Waals surface area contributed by atoms with Gasteiger partial charge in [-0.15, -0.1) is 0 Å². The topological polar surface area (TPSA) is 59.4 Å². The molecule has 156 valence electrons. The molecular formula is C25H33NO3. The summed E-state index contributed by atoms with van der Waals surface area (Å²) in [5.41, 5.74) is 2.69. The van der Waals surface area contributed by atoms with E-state index < -0.39 is 0 Å². The van der Waals surface area contributed by atoms with Crippen LogP contribution in [0.15, 0.2) is 60.7 Å². The maximum Gasteiger partial charge on any atom is 0.311 e. The lowest BCUT2D eigenvalue weighted by Gasteiger charge is -2.18. The first-order chi connectivity index (χ1) is 14.2. The Hall–Kier alpha value is -2.46. The van der Waals surface area contributed by atoms with Crippen LogP contribution < -0.4 is 0 Å². The second-order valence-electron chi connectivity index (χ2n) is 7.28. The van der Waals surface area contributed by atoms with Crippen LogP contribution in [-0.2, 0) is 14.3 Å². The molecule has 0 unspecified atom stereocenters. The molecule has 2 rings (SSSR count). The number of hydrogen-bond acceptors (Lipinski definition) is 4. The van der Waals surface area contributed by atoms with Crippen LogP contribution >= 0.6 is 0 Å². The van der Waals surface area contributed by atoms with Crippen molar-refractivity contribution in [3.63, 3.8) is 0 Å². The van der Waals surface area contributed by atoms with Crippen LogP contribution in [0.4, 0.5) is 0 Å². The number of carbonyl (C=O) groups is 1. The lowest BCUT2D eigenvalue weighted by Crippen LogP contribution is -2.17. The quantitative estimate of drug-likeness (QED) is 0.251. The first-order valence-electron chi connectivity index (χ1n) is 10.6. The fourth-order valence-corrected chi connectivity index (χ4v) is 3.29. The number of ether oxygens (including phenoxy) is 2. The summed E-state index contributed by atoms with van der Waals surface area (Å²) in [7, 11) is 0. The highest BCUT2D eigenvalue weighted by Gasteiger charge is 2.15. The third kappa shape index (κ3) is 9.05. The van der Waals surface area contributed by atoms with Crippen molar-refractivity contribution in [2.75, 3.05) is 19.8 Å². The summed E-state index contributed by atoms with van der Waals surface area (Å²) in [5.74, 6) is -0.180. The van der Waals surface area contributed by atoms with E-state index in [2.05, 4.69) is 31.2 Å². The van der Waals surface area contributed by atoms with Gasteiger partial charge in [0.15, 0.2) is 0 Å². The molecule has 29 heavy (non-hydrogen) atoms. The van der Waals surface area contributed by atoms with E-state index >= 15 is 0 Å². The monoisotopic (exact) mass is 395 g/mol. The molecule has 0 saturated carbocycles. The van der Waals surface area contributed by atoms with E-state index in [1.54, 1.807) is 0 Å². The summed E-state index contributed by atoms with van der Waals surface area (Å²) in [6, 6.07) is 20.5. The number of hydrogen-bond donors (Lipinski definition) is 1. The Morgan fingerprint density at radius 2 is 1.52 bits per heavy atom. The van der Waals surface area contributed by atoms with Crippen molar-refractivity contribution in [3.05, 3.63) is 71.8 Å². The average molecular weight is 396 g/mol. The van der Waals surface area contributed by atoms with Gasteiger partial charge in [0, 0.05) is 18.2 Å². The smallest absolute Gasteiger partial charge is 0.311 e. The number of esters is 1. The van der Waals surface area contributed by atoms with Crippen LogP contribution in [0.25, 0.3) is 0 Å². The summed E-state index contributed by atoms with van der Waals surface area (Å²) in [4.78, 5) is 12.1. The lowest BCUT2D eigenvalue weighted by molar-refractivity contribution is -0.142. The Bertz CT molecular complexity index is 676. The third-order valence-electron chi connectivity index (χ3n) is 4.85. The van der Waals surface area contributed by atoms with Crippen molar-refractivity contribution in [3.8, 4) is 0 Å². The van der Waals surface area contributed by atoms with E-state index in [0.717, 1.165) is 12.8 Å². The van der Waals surface area contributed by atoms with Crippen molar-refractivity contribution in [1.29, 1.82) is 5.41 Å². The van der Waals surface area contributed by atoms with Gasteiger partial charge >= 0.3 is 5.97 Å². The van der Waals surface area contributed by atoms with Crippen molar-refractivity contribution >= 4 is 11.7 Å². The summed E-state index contributed by atoms with van der Waals surface area (Å²) in [6.45, 7) is 3.35. The number of unbranched alkanes of at least 4 members (excludes halogenated alkanes) is 3. The first kappa shape index (κ1) is 22.8. The van der Waals surface area contributed by atoms with Crippen LogP contribution in [0, 0.1) is 5.41 Å². The predicted octanol–water partition coefficient (Wildman–Crippen LogP) is 5.76. The van der Waals surface area contributed by atoms with E-state index in [1.807, 2.05) is 36.4 Å². The van der Waals surface area contributed by atoms with Gasteiger partial charge in [-0.3, -0.25) is 4.79 Å². The van der Waals surface area contributed by atoms with Gasteiger partial charge in [0.2, 0.25) is 0 Å². The van der Waals surface area contributed by atoms with Crippen LogP contribution in [0.1, 0.15) is 62.5 Å². The van der Waals surface area contributed by atoms with Gasteiger partial charge in [-0.05, 0) is 24.0 Å². The van der Waals surface area contributed by atoms with Crippen LogP contribution in [0.5, 0.6) is 0 Å². The molecule has 4 heteroatoms. The molecule has 0 atom stereocenters. The molecule has 0 amide bonds. The molecule has 4 nitrogen and oxygen atoms in total. The normalized spacial score (nSPS) is 10.8. The van der Waals surface area contributed by atoms with E-state index in [1.165, 1.54) is 24.0 Å². The van der Waals surface area contributed by atoms with Gasteiger partial charge in [0.25, 0.3) is 0 Å². The number of nitrogens with one attached hydrogen (secondary N) is 1. The molecule has 0 fully saturated rings. The van der Waals surface area contributed by atoms with E-state index in [0.29, 0.717) is 19.6 Å². The number of benzene rings is 2. The van der Waals surface area contributed by atoms with E-state index in [4.69, 9.17) is 14.9 Å². The molecule has 2 aromatic rings. The fraction of sp³-hybridized carbons (Fsp3) is 0.440. The third-order valence-corrected chi connectivity index (χ3v) is 4.85. The lowest BCUT2D eigenvalue weighted by atomic mass is 9.89. The highest BCUT2D eigenvalue weighted by Crippen LogP contribution is 2.27. The zero-order valence-corrected chi connectivity index (χ0v) is 17.4. The Balaban J connectivity index is 1.73. The van der Waals surface area contributed by atoms with Gasteiger partial charge in [0.05, 0.1) is 19.6 Å². The highest BCUT2D eigenvalue weighted by molar-refractivity contribution is 5.97. The largest absolute Gasteiger partial charge is 0.465 e. The molecular weight excluding hydrogens is 362 g/mol. The summed E-state index contributed by atoms with van der Waals surface area (Å²) >= 11 is 0. The van der Waals surface area contributed by atoms with E-state index in [-0.39, 0.29) is 30.6 Å². The molecule has 0 aromatic heterocycles. The second-order valence-corrected chi connectivity index (χ2v) is 7.28. The molecule has 0 aliphatic carbocycles. The second kappa shape index (κ2) is 13.7. The van der Waals surface area contributed by atoms with Gasteiger partial charge in [-0.2, -0.15) is 0 Å². The standard InChI is InChI=1S/C25H33NO3/c1-2-3-4-11-17-28-20-23(26)19-25(27)29-18-16-24(21-12-7-5-8-13-21)22-14-9-6-10-15-22/h5-10,12-15,24,26H,2-4,11,16-20H2,1H3. The Labute approximate surface area is 174 Å². The zero-order chi connectivity index (χ0) is 20.7. The molecule has 0 aliphatic heterocycles. The van der Waals surface area contributed by atoms with Crippen molar-refractivity contribution in [2.45, 2.75) is 51.4 Å². The first-order valence-corrected chi connectivity index (χ1v) is 10.6. The van der Waals surface area contributed by atoms with Crippen molar-refractivity contribution in [2.24, 2.45) is 0 Å². The van der Waals surface area contributed by atoms with Gasteiger partial charge in [0.1, 0.15) is 0 Å². The highest BCUT2D eigenvalue weighted by atomic mass is 16.5. The Morgan fingerprint density at radius 1 is 0.897 bits per heavy atom. The fourth-order valence-electron chi connectivity index (χ4n) is 3.29. The maximum absolute atomic E-state index is 12.1. The Morgan fingerprint density at radius 3 is 2.10 bits per heavy atom. The molecule has 0 heterocycles. The summed E-state index contributed by atoms with van der Waals surface area (Å²) in [6.07, 6.45) is 5.26.